The molecule has 1 unspecified atom stereocenters. The Balaban J connectivity index is 1.39. The number of aliphatic hydroxyl groups excluding tert-OH is 2. The van der Waals surface area contributed by atoms with Gasteiger partial charge in [0.15, 0.2) is 12.4 Å². The molecular weight excluding hydrogens is 585 g/mol. The zero-order valence-corrected chi connectivity index (χ0v) is 24.2. The predicted octanol–water partition coefficient (Wildman–Crippen LogP) is 0.919. The van der Waals surface area contributed by atoms with E-state index in [9.17, 15) is 23.1 Å². The molecule has 11 nitrogen and oxygen atoms in total. The Labute approximate surface area is 243 Å². The van der Waals surface area contributed by atoms with Crippen LogP contribution in [0.4, 0.5) is 0 Å². The standard InChI is InChI=1S/C26H33Cl2N3O8S/c1-31-14-21(20-12-18(27)13-23(28)22(20)15-31)17-2-4-19(5-3-17)40(36,37)30-7-9-39-11-10-38-8-6-29-26(35)25(34)24(33)16-32/h2-5,12-13,16,21,24-25,30,33-34H,6-11,14-15H2,1H3,(H,29,35)/t21?,24-,25+/m0/s1. The largest absolute Gasteiger partial charge is 0.382 e. The Kier molecular flexibility index (Phi) is 12.3. The van der Waals surface area contributed by atoms with Crippen LogP contribution in [-0.2, 0) is 35.6 Å². The SMILES string of the molecule is CN1Cc2c(Cl)cc(Cl)cc2C(c2ccc(S(=O)(=O)NCCOCCOCCNC(=O)[C@H](O)[C@@H](O)C=O)cc2)C1. The molecule has 220 valence electrons. The molecule has 0 bridgehead atoms. The van der Waals surface area contributed by atoms with Crippen molar-refractivity contribution in [1.29, 1.82) is 0 Å². The normalized spacial score (nSPS) is 17.2. The minimum atomic E-state index is -3.73. The third-order valence-electron chi connectivity index (χ3n) is 6.27. The molecule has 0 aromatic heterocycles. The van der Waals surface area contributed by atoms with Crippen molar-refractivity contribution in [3.63, 3.8) is 0 Å². The van der Waals surface area contributed by atoms with Gasteiger partial charge in [0.25, 0.3) is 5.91 Å². The number of sulfonamides is 1. The summed E-state index contributed by atoms with van der Waals surface area (Å²) in [7, 11) is -1.72. The molecule has 40 heavy (non-hydrogen) atoms. The first-order valence-electron chi connectivity index (χ1n) is 12.5. The molecule has 0 saturated carbocycles. The summed E-state index contributed by atoms with van der Waals surface area (Å²) in [6.07, 6.45) is -3.55. The van der Waals surface area contributed by atoms with Gasteiger partial charge in [0, 0.05) is 42.1 Å². The number of carbonyl (C=O) groups excluding carboxylic acids is 2. The molecule has 2 aromatic rings. The van der Waals surface area contributed by atoms with Gasteiger partial charge in [-0.1, -0.05) is 35.3 Å². The van der Waals surface area contributed by atoms with Gasteiger partial charge in [0.1, 0.15) is 6.10 Å². The summed E-state index contributed by atoms with van der Waals surface area (Å²) >= 11 is 12.7. The third kappa shape index (κ3) is 8.93. The molecule has 2 aromatic carbocycles. The van der Waals surface area contributed by atoms with Gasteiger partial charge in [0.05, 0.1) is 31.3 Å². The van der Waals surface area contributed by atoms with Gasteiger partial charge in [0.2, 0.25) is 10.0 Å². The summed E-state index contributed by atoms with van der Waals surface area (Å²) in [4.78, 5) is 24.1. The molecule has 0 saturated heterocycles. The molecule has 1 aliphatic rings. The highest BCUT2D eigenvalue weighted by Gasteiger charge is 2.27. The number of amides is 1. The Morgan fingerprint density at radius 1 is 1.10 bits per heavy atom. The quantitative estimate of drug-likeness (QED) is 0.169. The van der Waals surface area contributed by atoms with E-state index in [1.165, 1.54) is 0 Å². The summed E-state index contributed by atoms with van der Waals surface area (Å²) < 4.78 is 38.5. The lowest BCUT2D eigenvalue weighted by Crippen LogP contribution is -2.43. The maximum atomic E-state index is 12.7. The van der Waals surface area contributed by atoms with Crippen LogP contribution < -0.4 is 10.0 Å². The molecule has 0 spiro atoms. The van der Waals surface area contributed by atoms with E-state index in [1.807, 2.05) is 13.1 Å². The van der Waals surface area contributed by atoms with Gasteiger partial charge in [-0.15, -0.1) is 0 Å². The van der Waals surface area contributed by atoms with Crippen LogP contribution in [-0.4, -0.2) is 101 Å². The van der Waals surface area contributed by atoms with E-state index >= 15 is 0 Å². The molecule has 4 N–H and O–H groups in total. The fourth-order valence-electron chi connectivity index (χ4n) is 4.24. The van der Waals surface area contributed by atoms with E-state index < -0.39 is 28.1 Å². The predicted molar refractivity (Wildman–Crippen MR) is 149 cm³/mol. The molecule has 1 heterocycles. The molecular formula is C26H33Cl2N3O8S. The van der Waals surface area contributed by atoms with Gasteiger partial charge < -0.3 is 34.7 Å². The number of aliphatic hydroxyl groups is 2. The molecule has 0 aliphatic carbocycles. The highest BCUT2D eigenvalue weighted by Crippen LogP contribution is 2.38. The van der Waals surface area contributed by atoms with Gasteiger partial charge in [-0.2, -0.15) is 0 Å². The first-order chi connectivity index (χ1) is 19.0. The number of halogens is 2. The van der Waals surface area contributed by atoms with Crippen LogP contribution in [0.2, 0.25) is 10.0 Å². The molecule has 0 radical (unpaired) electrons. The smallest absolute Gasteiger partial charge is 0.252 e. The average Bonchev–Trinajstić information content (AvgIpc) is 2.93. The van der Waals surface area contributed by atoms with E-state index in [0.29, 0.717) is 16.6 Å². The number of hydrogen-bond donors (Lipinski definition) is 4. The Morgan fingerprint density at radius 3 is 2.40 bits per heavy atom. The van der Waals surface area contributed by atoms with Crippen LogP contribution >= 0.6 is 23.2 Å². The molecule has 1 amide bonds. The summed E-state index contributed by atoms with van der Waals surface area (Å²) in [5.74, 6) is -0.883. The van der Waals surface area contributed by atoms with E-state index in [4.69, 9.17) is 37.8 Å². The molecule has 1 aliphatic heterocycles. The second-order valence-electron chi connectivity index (χ2n) is 9.26. The number of fused-ring (bicyclic) bond motifs is 1. The van der Waals surface area contributed by atoms with Crippen LogP contribution in [0.25, 0.3) is 0 Å². The number of likely N-dealkylation sites (N-methyl/N-ethyl adjacent to an activating group) is 1. The van der Waals surface area contributed by atoms with Gasteiger partial charge in [-0.25, -0.2) is 13.1 Å². The fourth-order valence-corrected chi connectivity index (χ4v) is 5.83. The number of hydrogen-bond acceptors (Lipinski definition) is 9. The van der Waals surface area contributed by atoms with E-state index in [2.05, 4.69) is 14.9 Å². The van der Waals surface area contributed by atoms with Crippen molar-refractivity contribution in [1.82, 2.24) is 14.9 Å². The summed E-state index contributed by atoms with van der Waals surface area (Å²) in [5, 5.41) is 21.9. The first kappa shape index (κ1) is 32.4. The molecule has 3 rings (SSSR count). The number of aldehydes is 1. The average molecular weight is 619 g/mol. The van der Waals surface area contributed by atoms with Gasteiger partial charge in [-0.05, 0) is 48.0 Å². The van der Waals surface area contributed by atoms with Crippen LogP contribution in [0.15, 0.2) is 41.3 Å². The van der Waals surface area contributed by atoms with Crippen LogP contribution in [0.5, 0.6) is 0 Å². The Hall–Kier alpha value is -2.13. The van der Waals surface area contributed by atoms with Crippen molar-refractivity contribution in [3.05, 3.63) is 63.1 Å². The van der Waals surface area contributed by atoms with Crippen molar-refractivity contribution in [3.8, 4) is 0 Å². The number of ether oxygens (including phenoxy) is 2. The molecule has 14 heteroatoms. The van der Waals surface area contributed by atoms with Crippen LogP contribution in [0, 0.1) is 0 Å². The lowest BCUT2D eigenvalue weighted by Gasteiger charge is -2.33. The van der Waals surface area contributed by atoms with Crippen molar-refractivity contribution >= 4 is 45.4 Å². The summed E-state index contributed by atoms with van der Waals surface area (Å²) in [5.41, 5.74) is 3.03. The van der Waals surface area contributed by atoms with Crippen molar-refractivity contribution in [2.45, 2.75) is 29.6 Å². The zero-order valence-electron chi connectivity index (χ0n) is 21.9. The molecule has 3 atom stereocenters. The third-order valence-corrected chi connectivity index (χ3v) is 8.31. The Morgan fingerprint density at radius 2 is 1.75 bits per heavy atom. The monoisotopic (exact) mass is 617 g/mol. The van der Waals surface area contributed by atoms with Crippen molar-refractivity contribution < 1.29 is 37.7 Å². The maximum absolute atomic E-state index is 12.7. The number of rotatable bonds is 15. The Bertz CT molecular complexity index is 1260. The highest BCUT2D eigenvalue weighted by atomic mass is 35.5. The minimum Gasteiger partial charge on any atom is -0.382 e. The van der Waals surface area contributed by atoms with E-state index in [-0.39, 0.29) is 56.6 Å². The lowest BCUT2D eigenvalue weighted by atomic mass is 9.85. The number of nitrogens with one attached hydrogen (secondary N) is 2. The van der Waals surface area contributed by atoms with Crippen molar-refractivity contribution in [2.24, 2.45) is 0 Å². The molecule has 0 fully saturated rings. The second-order valence-corrected chi connectivity index (χ2v) is 11.9. The number of benzene rings is 2. The summed E-state index contributed by atoms with van der Waals surface area (Å²) in [6.45, 7) is 2.22. The minimum absolute atomic E-state index is 0.00325. The maximum Gasteiger partial charge on any atom is 0.252 e. The number of nitrogens with zero attached hydrogens (tertiary/aromatic N) is 1. The lowest BCUT2D eigenvalue weighted by molar-refractivity contribution is -0.139. The van der Waals surface area contributed by atoms with E-state index in [0.717, 1.165) is 23.2 Å². The van der Waals surface area contributed by atoms with Crippen LogP contribution in [0.1, 0.15) is 22.6 Å². The van der Waals surface area contributed by atoms with Gasteiger partial charge in [-0.3, -0.25) is 4.79 Å². The summed E-state index contributed by atoms with van der Waals surface area (Å²) in [6, 6.07) is 10.4. The second kappa shape index (κ2) is 15.2. The fraction of sp³-hybridized carbons (Fsp3) is 0.462. The van der Waals surface area contributed by atoms with Crippen molar-refractivity contribution in [2.75, 3.05) is 53.1 Å². The van der Waals surface area contributed by atoms with Gasteiger partial charge >= 0.3 is 0 Å². The first-order valence-corrected chi connectivity index (χ1v) is 14.8. The zero-order chi connectivity index (χ0) is 29.3. The highest BCUT2D eigenvalue weighted by molar-refractivity contribution is 7.89. The van der Waals surface area contributed by atoms with Crippen LogP contribution in [0.3, 0.4) is 0 Å². The topological polar surface area (TPSA) is 154 Å². The van der Waals surface area contributed by atoms with E-state index in [1.54, 1.807) is 30.3 Å². The number of carbonyl (C=O) groups is 2.